The number of nitrogens with one attached hydrogen (secondary N) is 1. The molecule has 2 atom stereocenters. The van der Waals surface area contributed by atoms with Crippen LogP contribution in [0.3, 0.4) is 0 Å². The van der Waals surface area contributed by atoms with Crippen molar-refractivity contribution in [2.75, 3.05) is 6.61 Å². The largest absolute Gasteiger partial charge is 0.378 e. The van der Waals surface area contributed by atoms with Crippen LogP contribution >= 0.6 is 0 Å². The number of rotatable bonds is 4. The molecule has 16 heavy (non-hydrogen) atoms. The van der Waals surface area contributed by atoms with Gasteiger partial charge in [-0.2, -0.15) is 0 Å². The average molecular weight is 235 g/mol. The van der Waals surface area contributed by atoms with E-state index in [0.29, 0.717) is 13.0 Å². The maximum absolute atomic E-state index is 13.7. The van der Waals surface area contributed by atoms with E-state index in [2.05, 4.69) is 5.32 Å². The Morgan fingerprint density at radius 2 is 2.25 bits per heavy atom. The molecule has 1 aliphatic heterocycles. The highest BCUT2D eigenvalue weighted by Gasteiger charge is 2.39. The van der Waals surface area contributed by atoms with Crippen molar-refractivity contribution >= 4 is 5.91 Å². The number of carbonyl (C=O) groups is 1. The summed E-state index contributed by atoms with van der Waals surface area (Å²) in [6.45, 7) is 3.13. The fourth-order valence-corrected chi connectivity index (χ4v) is 1.86. The summed E-state index contributed by atoms with van der Waals surface area (Å²) in [5, 5.41) is 2.23. The van der Waals surface area contributed by atoms with Crippen molar-refractivity contribution in [3.63, 3.8) is 0 Å². The molecule has 5 heteroatoms. The van der Waals surface area contributed by atoms with E-state index in [1.54, 1.807) is 0 Å². The zero-order chi connectivity index (χ0) is 12.2. The van der Waals surface area contributed by atoms with Crippen LogP contribution in [-0.4, -0.2) is 30.6 Å². The number of carbonyl (C=O) groups excluding carboxylic acids is 1. The van der Waals surface area contributed by atoms with Crippen LogP contribution in [0.5, 0.6) is 0 Å². The molecular weight excluding hydrogens is 216 g/mol. The summed E-state index contributed by atoms with van der Waals surface area (Å²) in [6.07, 6.45) is 1.88. The first-order valence-electron chi connectivity index (χ1n) is 5.68. The number of hydrogen-bond acceptors (Lipinski definition) is 2. The molecule has 0 unspecified atom stereocenters. The minimum Gasteiger partial charge on any atom is -0.378 e. The maximum Gasteiger partial charge on any atom is 0.270 e. The van der Waals surface area contributed by atoms with Crippen molar-refractivity contribution in [3.8, 4) is 0 Å². The summed E-state index contributed by atoms with van der Waals surface area (Å²) in [7, 11) is 0. The van der Waals surface area contributed by atoms with Gasteiger partial charge in [0.05, 0.1) is 12.1 Å². The molecule has 94 valence electrons. The monoisotopic (exact) mass is 235 g/mol. The Labute approximate surface area is 94.5 Å². The van der Waals surface area contributed by atoms with Crippen molar-refractivity contribution < 1.29 is 18.3 Å². The second-order valence-electron chi connectivity index (χ2n) is 4.38. The molecule has 0 bridgehead atoms. The first-order chi connectivity index (χ1) is 7.42. The Hall–Kier alpha value is -0.710. The van der Waals surface area contributed by atoms with Gasteiger partial charge < -0.3 is 10.1 Å². The molecule has 0 aromatic heterocycles. The van der Waals surface area contributed by atoms with E-state index in [9.17, 15) is 13.6 Å². The maximum atomic E-state index is 13.7. The molecule has 1 N–H and O–H groups in total. The predicted octanol–water partition coefficient (Wildman–Crippen LogP) is 2.11. The molecule has 0 saturated carbocycles. The van der Waals surface area contributed by atoms with Crippen LogP contribution < -0.4 is 5.32 Å². The highest BCUT2D eigenvalue weighted by atomic mass is 19.3. The van der Waals surface area contributed by atoms with E-state index >= 15 is 0 Å². The van der Waals surface area contributed by atoms with Crippen LogP contribution in [0.15, 0.2) is 0 Å². The lowest BCUT2D eigenvalue weighted by atomic mass is 9.99. The molecule has 0 aromatic carbocycles. The quantitative estimate of drug-likeness (QED) is 0.810. The van der Waals surface area contributed by atoms with Gasteiger partial charge in [0, 0.05) is 20.0 Å². The highest BCUT2D eigenvalue weighted by Crippen LogP contribution is 2.29. The van der Waals surface area contributed by atoms with Gasteiger partial charge >= 0.3 is 0 Å². The number of amides is 1. The number of ether oxygens (including phenoxy) is 1. The van der Waals surface area contributed by atoms with Crippen molar-refractivity contribution in [2.24, 2.45) is 0 Å². The number of alkyl halides is 2. The molecule has 1 saturated heterocycles. The first kappa shape index (κ1) is 13.4. The van der Waals surface area contributed by atoms with E-state index in [1.165, 1.54) is 13.8 Å². The molecule has 0 radical (unpaired) electrons. The first-order valence-corrected chi connectivity index (χ1v) is 5.68. The Balaban J connectivity index is 2.45. The molecule has 0 aliphatic carbocycles. The van der Waals surface area contributed by atoms with Crippen LogP contribution in [0.4, 0.5) is 8.78 Å². The van der Waals surface area contributed by atoms with Crippen LogP contribution in [0.2, 0.25) is 0 Å². The molecule has 3 nitrogen and oxygen atoms in total. The predicted molar refractivity (Wildman–Crippen MR) is 56.4 cm³/mol. The van der Waals surface area contributed by atoms with Gasteiger partial charge in [0.1, 0.15) is 0 Å². The summed E-state index contributed by atoms with van der Waals surface area (Å²) in [5.41, 5.74) is 0. The molecule has 1 rings (SSSR count). The molecule has 1 heterocycles. The minimum atomic E-state index is -2.91. The lowest BCUT2D eigenvalue weighted by Crippen LogP contribution is -2.47. The Bertz CT molecular complexity index is 240. The third-order valence-corrected chi connectivity index (χ3v) is 2.83. The summed E-state index contributed by atoms with van der Waals surface area (Å²) in [5.74, 6) is -3.34. The SMILES string of the molecule is CC(=O)N[C@H](C)C(F)(F)C[C@H]1CCCCO1. The summed E-state index contributed by atoms with van der Waals surface area (Å²) < 4.78 is 32.6. The summed E-state index contributed by atoms with van der Waals surface area (Å²) in [4.78, 5) is 10.7. The lowest BCUT2D eigenvalue weighted by molar-refractivity contribution is -0.127. The Morgan fingerprint density at radius 1 is 1.56 bits per heavy atom. The second-order valence-corrected chi connectivity index (χ2v) is 4.38. The minimum absolute atomic E-state index is 0.311. The van der Waals surface area contributed by atoms with E-state index in [-0.39, 0.29) is 12.5 Å². The number of hydrogen-bond donors (Lipinski definition) is 1. The molecule has 0 aromatic rings. The fourth-order valence-electron chi connectivity index (χ4n) is 1.86. The van der Waals surface area contributed by atoms with Gasteiger partial charge in [-0.15, -0.1) is 0 Å². The third kappa shape index (κ3) is 4.04. The zero-order valence-corrected chi connectivity index (χ0v) is 9.76. The van der Waals surface area contributed by atoms with Gasteiger partial charge in [-0.25, -0.2) is 8.78 Å². The molecule has 0 spiro atoms. The van der Waals surface area contributed by atoms with Gasteiger partial charge in [0.25, 0.3) is 5.92 Å². The summed E-state index contributed by atoms with van der Waals surface area (Å²) in [6, 6.07) is -1.14. The van der Waals surface area contributed by atoms with E-state index in [1.807, 2.05) is 0 Å². The van der Waals surface area contributed by atoms with Crippen molar-refractivity contribution in [2.45, 2.75) is 57.6 Å². The average Bonchev–Trinajstić information content (AvgIpc) is 2.17. The van der Waals surface area contributed by atoms with Gasteiger partial charge in [0.15, 0.2) is 0 Å². The van der Waals surface area contributed by atoms with Crippen molar-refractivity contribution in [1.82, 2.24) is 5.32 Å². The van der Waals surface area contributed by atoms with Gasteiger partial charge in [-0.05, 0) is 26.2 Å². The summed E-state index contributed by atoms with van der Waals surface area (Å²) >= 11 is 0. The Morgan fingerprint density at radius 3 is 2.75 bits per heavy atom. The molecule has 1 fully saturated rings. The van der Waals surface area contributed by atoms with Crippen molar-refractivity contribution in [1.29, 1.82) is 0 Å². The van der Waals surface area contributed by atoms with Crippen LogP contribution in [-0.2, 0) is 9.53 Å². The Kier molecular flexibility index (Phi) is 4.65. The second kappa shape index (κ2) is 5.57. The van der Waals surface area contributed by atoms with Gasteiger partial charge in [-0.1, -0.05) is 0 Å². The zero-order valence-electron chi connectivity index (χ0n) is 9.76. The normalized spacial score (nSPS) is 23.9. The standard InChI is InChI=1S/C11H19F2NO2/c1-8(14-9(2)15)11(12,13)7-10-5-3-4-6-16-10/h8,10H,3-7H2,1-2H3,(H,14,15)/t8-,10-/m1/s1. The lowest BCUT2D eigenvalue weighted by Gasteiger charge is -2.30. The third-order valence-electron chi connectivity index (χ3n) is 2.83. The highest BCUT2D eigenvalue weighted by molar-refractivity contribution is 5.73. The topological polar surface area (TPSA) is 38.3 Å². The fraction of sp³-hybridized carbons (Fsp3) is 0.909. The molecule has 1 aliphatic rings. The van der Waals surface area contributed by atoms with Crippen LogP contribution in [0.1, 0.15) is 39.5 Å². The van der Waals surface area contributed by atoms with Crippen LogP contribution in [0.25, 0.3) is 0 Å². The van der Waals surface area contributed by atoms with Gasteiger partial charge in [-0.3, -0.25) is 4.79 Å². The smallest absolute Gasteiger partial charge is 0.270 e. The number of halogens is 2. The van der Waals surface area contributed by atoms with Crippen molar-refractivity contribution in [3.05, 3.63) is 0 Å². The van der Waals surface area contributed by atoms with E-state index < -0.39 is 17.9 Å². The molecule has 1 amide bonds. The van der Waals surface area contributed by atoms with Crippen LogP contribution in [0, 0.1) is 0 Å². The van der Waals surface area contributed by atoms with Gasteiger partial charge in [0.2, 0.25) is 5.91 Å². The molecular formula is C11H19F2NO2. The van der Waals surface area contributed by atoms with E-state index in [0.717, 1.165) is 12.8 Å². The van der Waals surface area contributed by atoms with E-state index in [4.69, 9.17) is 4.74 Å².